The van der Waals surface area contributed by atoms with Crippen molar-refractivity contribution in [1.82, 2.24) is 15.1 Å². The minimum atomic E-state index is -0.414. The molecule has 5 nitrogen and oxygen atoms in total. The van der Waals surface area contributed by atoms with Gasteiger partial charge in [-0.25, -0.2) is 4.39 Å². The number of amides is 1. The monoisotopic (exact) mass is 309 g/mol. The number of halogens is 1. The molecule has 0 saturated carbocycles. The first-order chi connectivity index (χ1) is 10.5. The van der Waals surface area contributed by atoms with Crippen molar-refractivity contribution in [2.24, 2.45) is 0 Å². The minimum Gasteiger partial charge on any atom is -0.494 e. The van der Waals surface area contributed by atoms with Gasteiger partial charge in [0.05, 0.1) is 7.11 Å². The van der Waals surface area contributed by atoms with Gasteiger partial charge in [-0.2, -0.15) is 0 Å². The Labute approximate surface area is 131 Å². The predicted molar refractivity (Wildman–Crippen MR) is 83.3 cm³/mol. The van der Waals surface area contributed by atoms with E-state index in [1.165, 1.54) is 13.2 Å². The molecule has 1 heterocycles. The Morgan fingerprint density at radius 1 is 1.41 bits per heavy atom. The minimum absolute atomic E-state index is 0.0108. The van der Waals surface area contributed by atoms with E-state index in [9.17, 15) is 9.18 Å². The van der Waals surface area contributed by atoms with Crippen molar-refractivity contribution in [2.45, 2.75) is 19.0 Å². The molecule has 0 aliphatic carbocycles. The van der Waals surface area contributed by atoms with Gasteiger partial charge in [0.1, 0.15) is 0 Å². The summed E-state index contributed by atoms with van der Waals surface area (Å²) in [5.74, 6) is -0.215. The predicted octanol–water partition coefficient (Wildman–Crippen LogP) is 1.09. The molecule has 1 saturated heterocycles. The quantitative estimate of drug-likeness (QED) is 0.884. The molecular formula is C16H24FN3O2. The van der Waals surface area contributed by atoms with E-state index in [0.717, 1.165) is 25.2 Å². The molecule has 0 radical (unpaired) electrons. The fourth-order valence-electron chi connectivity index (χ4n) is 2.63. The molecule has 1 aliphatic rings. The molecule has 0 spiro atoms. The summed E-state index contributed by atoms with van der Waals surface area (Å²) in [7, 11) is 5.54. The van der Waals surface area contributed by atoms with Crippen LogP contribution >= 0.6 is 0 Å². The molecule has 22 heavy (non-hydrogen) atoms. The highest BCUT2D eigenvalue weighted by Gasteiger charge is 2.24. The van der Waals surface area contributed by atoms with Crippen molar-refractivity contribution in [2.75, 3.05) is 40.8 Å². The topological polar surface area (TPSA) is 44.8 Å². The Hall–Kier alpha value is -1.66. The first kappa shape index (κ1) is 16.7. The van der Waals surface area contributed by atoms with Gasteiger partial charge in [0.2, 0.25) is 5.91 Å². The first-order valence-corrected chi connectivity index (χ1v) is 7.47. The zero-order chi connectivity index (χ0) is 16.1. The van der Waals surface area contributed by atoms with Crippen LogP contribution in [0.15, 0.2) is 18.2 Å². The maximum Gasteiger partial charge on any atom is 0.221 e. The molecule has 0 aromatic heterocycles. The van der Waals surface area contributed by atoms with E-state index in [-0.39, 0.29) is 17.7 Å². The van der Waals surface area contributed by atoms with Crippen molar-refractivity contribution in [3.8, 4) is 5.75 Å². The Morgan fingerprint density at radius 3 is 2.86 bits per heavy atom. The number of rotatable bonds is 5. The summed E-state index contributed by atoms with van der Waals surface area (Å²) >= 11 is 0. The number of carbonyl (C=O) groups excluding carboxylic acids is 1. The number of ether oxygens (including phenoxy) is 1. The second-order valence-corrected chi connectivity index (χ2v) is 5.85. The standard InChI is InChI=1S/C16H24FN3O2/c1-19-6-7-20(2)13(11-19)9-16(21)18-10-12-4-5-15(22-3)14(17)8-12/h4-5,8,13H,6-7,9-11H2,1-3H3,(H,18,21)/t13-/m1/s1. The number of methoxy groups -OCH3 is 1. The third-order valence-electron chi connectivity index (χ3n) is 4.11. The molecule has 1 aromatic carbocycles. The number of nitrogens with zero attached hydrogens (tertiary/aromatic N) is 2. The Balaban J connectivity index is 1.83. The zero-order valence-electron chi connectivity index (χ0n) is 13.4. The maximum atomic E-state index is 13.6. The van der Waals surface area contributed by atoms with Gasteiger partial charge in [-0.05, 0) is 31.8 Å². The molecule has 0 unspecified atom stereocenters. The third-order valence-corrected chi connectivity index (χ3v) is 4.11. The third kappa shape index (κ3) is 4.42. The van der Waals surface area contributed by atoms with Crippen molar-refractivity contribution < 1.29 is 13.9 Å². The summed E-state index contributed by atoms with van der Waals surface area (Å²) in [5.41, 5.74) is 0.723. The smallest absolute Gasteiger partial charge is 0.221 e. The van der Waals surface area contributed by atoms with Crippen molar-refractivity contribution in [1.29, 1.82) is 0 Å². The van der Waals surface area contributed by atoms with Crippen LogP contribution in [0.5, 0.6) is 5.75 Å². The van der Waals surface area contributed by atoms with Gasteiger partial charge in [-0.3, -0.25) is 4.79 Å². The van der Waals surface area contributed by atoms with E-state index in [4.69, 9.17) is 4.74 Å². The highest BCUT2D eigenvalue weighted by molar-refractivity contribution is 5.76. The van der Waals surface area contributed by atoms with Gasteiger partial charge >= 0.3 is 0 Å². The van der Waals surface area contributed by atoms with Crippen molar-refractivity contribution >= 4 is 5.91 Å². The van der Waals surface area contributed by atoms with Crippen LogP contribution in [-0.2, 0) is 11.3 Å². The summed E-state index contributed by atoms with van der Waals surface area (Å²) in [6.07, 6.45) is 0.458. The molecule has 1 amide bonds. The van der Waals surface area contributed by atoms with Crippen LogP contribution in [0.1, 0.15) is 12.0 Å². The average molecular weight is 309 g/mol. The normalized spacial score (nSPS) is 19.9. The highest BCUT2D eigenvalue weighted by Crippen LogP contribution is 2.17. The molecule has 1 fully saturated rings. The SMILES string of the molecule is COc1ccc(CNC(=O)C[C@@H]2CN(C)CCN2C)cc1F. The fourth-order valence-corrected chi connectivity index (χ4v) is 2.63. The molecule has 1 N–H and O–H groups in total. The van der Waals surface area contributed by atoms with E-state index in [0.29, 0.717) is 13.0 Å². The van der Waals surface area contributed by atoms with Crippen LogP contribution in [0.4, 0.5) is 4.39 Å². The van der Waals surface area contributed by atoms with E-state index in [2.05, 4.69) is 22.2 Å². The molecule has 1 atom stereocenters. The summed E-state index contributed by atoms with van der Waals surface area (Å²) in [6.45, 7) is 3.21. The molecule has 0 bridgehead atoms. The summed E-state index contributed by atoms with van der Waals surface area (Å²) in [4.78, 5) is 16.5. The van der Waals surface area contributed by atoms with Crippen LogP contribution in [-0.4, -0.2) is 62.6 Å². The second kappa shape index (κ2) is 7.56. The zero-order valence-corrected chi connectivity index (χ0v) is 13.4. The number of hydrogen-bond donors (Lipinski definition) is 1. The Bertz CT molecular complexity index is 524. The van der Waals surface area contributed by atoms with Gasteiger partial charge < -0.3 is 19.9 Å². The Kier molecular flexibility index (Phi) is 5.74. The molecular weight excluding hydrogens is 285 g/mol. The molecule has 6 heteroatoms. The highest BCUT2D eigenvalue weighted by atomic mass is 19.1. The number of likely N-dealkylation sites (N-methyl/N-ethyl adjacent to an activating group) is 2. The van der Waals surface area contributed by atoms with Crippen LogP contribution in [0.25, 0.3) is 0 Å². The van der Waals surface area contributed by atoms with Crippen LogP contribution in [0.3, 0.4) is 0 Å². The largest absolute Gasteiger partial charge is 0.494 e. The van der Waals surface area contributed by atoms with Gasteiger partial charge in [0.25, 0.3) is 0 Å². The summed E-state index contributed by atoms with van der Waals surface area (Å²) in [6, 6.07) is 4.94. The number of nitrogens with one attached hydrogen (secondary N) is 1. The van der Waals surface area contributed by atoms with Crippen molar-refractivity contribution in [3.05, 3.63) is 29.6 Å². The molecule has 1 aliphatic heterocycles. The van der Waals surface area contributed by atoms with E-state index in [1.807, 2.05) is 7.05 Å². The molecule has 1 aromatic rings. The van der Waals surface area contributed by atoms with Gasteiger partial charge in [0, 0.05) is 38.6 Å². The van der Waals surface area contributed by atoms with Gasteiger partial charge in [0.15, 0.2) is 11.6 Å². The van der Waals surface area contributed by atoms with E-state index >= 15 is 0 Å². The first-order valence-electron chi connectivity index (χ1n) is 7.47. The van der Waals surface area contributed by atoms with Crippen LogP contribution in [0, 0.1) is 5.82 Å². The lowest BCUT2D eigenvalue weighted by Crippen LogP contribution is -2.51. The lowest BCUT2D eigenvalue weighted by Gasteiger charge is -2.37. The lowest BCUT2D eigenvalue weighted by atomic mass is 10.1. The lowest BCUT2D eigenvalue weighted by molar-refractivity contribution is -0.122. The average Bonchev–Trinajstić information content (AvgIpc) is 2.49. The van der Waals surface area contributed by atoms with Crippen LogP contribution < -0.4 is 10.1 Å². The number of benzene rings is 1. The summed E-state index contributed by atoms with van der Waals surface area (Å²) < 4.78 is 18.5. The summed E-state index contributed by atoms with van der Waals surface area (Å²) in [5, 5.41) is 2.85. The van der Waals surface area contributed by atoms with E-state index in [1.54, 1.807) is 12.1 Å². The van der Waals surface area contributed by atoms with Gasteiger partial charge in [-0.1, -0.05) is 6.07 Å². The molecule has 2 rings (SSSR count). The number of carbonyl (C=O) groups is 1. The van der Waals surface area contributed by atoms with Crippen molar-refractivity contribution in [3.63, 3.8) is 0 Å². The van der Waals surface area contributed by atoms with Crippen LogP contribution in [0.2, 0.25) is 0 Å². The molecule has 122 valence electrons. The van der Waals surface area contributed by atoms with Gasteiger partial charge in [-0.15, -0.1) is 0 Å². The maximum absolute atomic E-state index is 13.6. The van der Waals surface area contributed by atoms with E-state index < -0.39 is 5.82 Å². The number of hydrogen-bond acceptors (Lipinski definition) is 4. The number of piperazine rings is 1. The fraction of sp³-hybridized carbons (Fsp3) is 0.562. The second-order valence-electron chi connectivity index (χ2n) is 5.85. The Morgan fingerprint density at radius 2 is 2.18 bits per heavy atom.